The van der Waals surface area contributed by atoms with Crippen molar-refractivity contribution in [3.05, 3.63) is 0 Å². The third-order valence-corrected chi connectivity index (χ3v) is 0.894. The molecule has 0 radical (unpaired) electrons. The van der Waals surface area contributed by atoms with Crippen LogP contribution in [0.1, 0.15) is 13.3 Å². The van der Waals surface area contributed by atoms with Gasteiger partial charge in [0.2, 0.25) is 0 Å². The van der Waals surface area contributed by atoms with Crippen LogP contribution in [0.2, 0.25) is 0 Å². The van der Waals surface area contributed by atoms with Crippen molar-refractivity contribution < 1.29 is 29.7 Å². The Hall–Kier alpha value is -0.0300. The van der Waals surface area contributed by atoms with Gasteiger partial charge in [-0.15, -0.1) is 0 Å². The third kappa shape index (κ3) is 91.4. The van der Waals surface area contributed by atoms with Gasteiger partial charge < -0.3 is 4.48 Å². The second-order valence-corrected chi connectivity index (χ2v) is 5.89. The van der Waals surface area contributed by atoms with Crippen LogP contribution in [0, 0.1) is 0 Å². The molecule has 0 N–H and O–H groups in total. The standard InChI is InChI=1S/C6H16N.F6P/c1-5-6-7(2,3)4;1-7(2,3,4,5)6/h5-6H2,1-4H3;/q+1;-1. The molecule has 0 fully saturated rings. The van der Waals surface area contributed by atoms with E-state index in [0.29, 0.717) is 0 Å². The summed E-state index contributed by atoms with van der Waals surface area (Å²) in [5.74, 6) is 0. The van der Waals surface area contributed by atoms with Gasteiger partial charge >= 0.3 is 33.0 Å². The summed E-state index contributed by atoms with van der Waals surface area (Å²) < 4.78 is 60.3. The number of hydrogen-bond donors (Lipinski definition) is 0. The molecule has 0 heterocycles. The average Bonchev–Trinajstić information content (AvgIpc) is 1.48. The van der Waals surface area contributed by atoms with Crippen molar-refractivity contribution >= 4 is 7.81 Å². The zero-order chi connectivity index (χ0) is 12.3. The SMILES string of the molecule is CCC[N+](C)(C)C.F[P-](F)(F)(F)(F)F. The fourth-order valence-corrected chi connectivity index (χ4v) is 0.671. The van der Waals surface area contributed by atoms with Gasteiger partial charge in [-0.05, 0) is 6.42 Å². The summed E-state index contributed by atoms with van der Waals surface area (Å²) in [6, 6.07) is 0. The van der Waals surface area contributed by atoms with Crippen molar-refractivity contribution in [2.75, 3.05) is 27.7 Å². The van der Waals surface area contributed by atoms with E-state index in [4.69, 9.17) is 0 Å². The van der Waals surface area contributed by atoms with E-state index < -0.39 is 7.81 Å². The fraction of sp³-hybridized carbons (Fsp3) is 1.00. The second kappa shape index (κ2) is 3.52. The molecule has 0 saturated heterocycles. The molecule has 0 aromatic heterocycles. The van der Waals surface area contributed by atoms with E-state index in [1.54, 1.807) is 0 Å². The molecule has 0 spiro atoms. The molecule has 0 aliphatic heterocycles. The third-order valence-electron chi connectivity index (χ3n) is 0.894. The minimum atomic E-state index is -10.7. The van der Waals surface area contributed by atoms with Gasteiger partial charge in [0, 0.05) is 0 Å². The van der Waals surface area contributed by atoms with Gasteiger partial charge in [-0.3, -0.25) is 0 Å². The van der Waals surface area contributed by atoms with E-state index in [1.807, 2.05) is 0 Å². The van der Waals surface area contributed by atoms with Gasteiger partial charge in [0.05, 0.1) is 27.7 Å². The Bertz CT molecular complexity index is 162. The van der Waals surface area contributed by atoms with Crippen LogP contribution in [-0.2, 0) is 0 Å². The molecular weight excluding hydrogens is 231 g/mol. The Labute approximate surface area is 79.5 Å². The van der Waals surface area contributed by atoms with E-state index in [9.17, 15) is 25.2 Å². The summed E-state index contributed by atoms with van der Waals surface area (Å²) in [7, 11) is -4.02. The summed E-state index contributed by atoms with van der Waals surface area (Å²) in [6.07, 6.45) is 1.28. The Morgan fingerprint density at radius 2 is 1.07 bits per heavy atom. The van der Waals surface area contributed by atoms with Crippen LogP contribution >= 0.6 is 7.81 Å². The zero-order valence-corrected chi connectivity index (χ0v) is 9.47. The summed E-state index contributed by atoms with van der Waals surface area (Å²) in [4.78, 5) is 0. The maximum absolute atomic E-state index is 10.7. The number of rotatable bonds is 2. The van der Waals surface area contributed by atoms with Crippen LogP contribution in [0.4, 0.5) is 25.2 Å². The van der Waals surface area contributed by atoms with Crippen molar-refractivity contribution in [2.45, 2.75) is 13.3 Å². The summed E-state index contributed by atoms with van der Waals surface area (Å²) in [5.41, 5.74) is 0. The topological polar surface area (TPSA) is 0 Å². The first-order chi connectivity index (χ1) is 5.51. The molecule has 0 aromatic rings. The molecule has 0 unspecified atom stereocenters. The Morgan fingerprint density at radius 3 is 1.07 bits per heavy atom. The molecule has 0 aliphatic rings. The number of nitrogens with zero attached hydrogens (tertiary/aromatic N) is 1. The van der Waals surface area contributed by atoms with Crippen molar-refractivity contribution in [2.24, 2.45) is 0 Å². The first kappa shape index (κ1) is 16.4. The van der Waals surface area contributed by atoms with Crippen LogP contribution < -0.4 is 0 Å². The predicted molar refractivity (Wildman–Crippen MR) is 46.8 cm³/mol. The normalized spacial score (nSPS) is 17.6. The van der Waals surface area contributed by atoms with Gasteiger partial charge in [-0.1, -0.05) is 6.92 Å². The van der Waals surface area contributed by atoms with E-state index in [2.05, 4.69) is 28.1 Å². The molecule has 92 valence electrons. The summed E-state index contributed by atoms with van der Waals surface area (Å²) in [6.45, 7) is 3.49. The van der Waals surface area contributed by atoms with Gasteiger partial charge in [0.1, 0.15) is 0 Å². The summed E-state index contributed by atoms with van der Waals surface area (Å²) in [5, 5.41) is 0. The Morgan fingerprint density at radius 1 is 0.857 bits per heavy atom. The molecular formula is C6H16F6NP. The van der Waals surface area contributed by atoms with E-state index in [0.717, 1.165) is 4.48 Å². The quantitative estimate of drug-likeness (QED) is 0.383. The van der Waals surface area contributed by atoms with Crippen LogP contribution in [0.3, 0.4) is 0 Å². The minimum absolute atomic E-state index is 1.09. The number of hydrogen-bond acceptors (Lipinski definition) is 0. The molecule has 14 heavy (non-hydrogen) atoms. The molecule has 8 heteroatoms. The first-order valence-electron chi connectivity index (χ1n) is 3.88. The monoisotopic (exact) mass is 247 g/mol. The average molecular weight is 247 g/mol. The second-order valence-electron chi connectivity index (χ2n) is 3.97. The van der Waals surface area contributed by atoms with Gasteiger partial charge in [-0.2, -0.15) is 0 Å². The zero-order valence-electron chi connectivity index (χ0n) is 8.58. The molecule has 0 bridgehead atoms. The van der Waals surface area contributed by atoms with Crippen LogP contribution in [0.5, 0.6) is 0 Å². The van der Waals surface area contributed by atoms with Gasteiger partial charge in [0.25, 0.3) is 0 Å². The summed E-state index contributed by atoms with van der Waals surface area (Å²) >= 11 is 0. The number of quaternary nitrogens is 1. The predicted octanol–water partition coefficient (Wildman–Crippen LogP) is 4.49. The van der Waals surface area contributed by atoms with Crippen molar-refractivity contribution in [1.82, 2.24) is 0 Å². The molecule has 0 amide bonds. The molecule has 0 aliphatic carbocycles. The van der Waals surface area contributed by atoms with E-state index in [-0.39, 0.29) is 0 Å². The number of halogens is 6. The van der Waals surface area contributed by atoms with Crippen molar-refractivity contribution in [3.8, 4) is 0 Å². The van der Waals surface area contributed by atoms with Crippen LogP contribution in [0.15, 0.2) is 0 Å². The Kier molecular flexibility index (Phi) is 4.13. The van der Waals surface area contributed by atoms with Crippen LogP contribution in [0.25, 0.3) is 0 Å². The van der Waals surface area contributed by atoms with Gasteiger partial charge in [-0.25, -0.2) is 0 Å². The van der Waals surface area contributed by atoms with Crippen LogP contribution in [-0.4, -0.2) is 32.2 Å². The molecule has 0 aromatic carbocycles. The fourth-order valence-electron chi connectivity index (χ4n) is 0.671. The molecule has 0 saturated carbocycles. The Balaban J connectivity index is 0. The first-order valence-corrected chi connectivity index (χ1v) is 5.91. The van der Waals surface area contributed by atoms with E-state index in [1.165, 1.54) is 13.0 Å². The van der Waals surface area contributed by atoms with Crippen molar-refractivity contribution in [1.29, 1.82) is 0 Å². The van der Waals surface area contributed by atoms with Gasteiger partial charge in [0.15, 0.2) is 0 Å². The molecule has 1 nitrogen and oxygen atoms in total. The molecule has 0 rings (SSSR count). The van der Waals surface area contributed by atoms with Crippen molar-refractivity contribution in [3.63, 3.8) is 0 Å². The van der Waals surface area contributed by atoms with E-state index >= 15 is 0 Å². The molecule has 0 atom stereocenters. The maximum atomic E-state index is 9.87.